The summed E-state index contributed by atoms with van der Waals surface area (Å²) in [7, 11) is 0. The molecule has 0 fully saturated rings. The summed E-state index contributed by atoms with van der Waals surface area (Å²) < 4.78 is 5.44. The van der Waals surface area contributed by atoms with Gasteiger partial charge in [0, 0.05) is 16.7 Å². The Morgan fingerprint density at radius 1 is 1.21 bits per heavy atom. The van der Waals surface area contributed by atoms with Crippen molar-refractivity contribution in [1.82, 2.24) is 10.7 Å². The zero-order valence-electron chi connectivity index (χ0n) is 14.6. The molecule has 0 spiro atoms. The fourth-order valence-electron chi connectivity index (χ4n) is 1.98. The molecule has 0 aliphatic rings. The Morgan fingerprint density at radius 3 is 2.64 bits per heavy atom. The van der Waals surface area contributed by atoms with Crippen LogP contribution in [0.5, 0.6) is 17.2 Å². The van der Waals surface area contributed by atoms with Crippen LogP contribution in [0.4, 0.5) is 0 Å². The SMILES string of the molecule is CC(Oc1ccc(Cl)cc1Cl)C(=O)NCC(=O)N/N=C/c1ccc(O)cc1O. The van der Waals surface area contributed by atoms with Crippen molar-refractivity contribution in [3.05, 3.63) is 52.0 Å². The minimum Gasteiger partial charge on any atom is -0.508 e. The van der Waals surface area contributed by atoms with E-state index in [4.69, 9.17) is 27.9 Å². The maximum absolute atomic E-state index is 12.0. The number of halogens is 2. The Morgan fingerprint density at radius 2 is 1.96 bits per heavy atom. The summed E-state index contributed by atoms with van der Waals surface area (Å²) in [6, 6.07) is 8.51. The molecule has 28 heavy (non-hydrogen) atoms. The molecule has 2 aromatic rings. The highest BCUT2D eigenvalue weighted by Crippen LogP contribution is 2.28. The molecule has 148 valence electrons. The number of nitrogens with zero attached hydrogens (tertiary/aromatic N) is 1. The van der Waals surface area contributed by atoms with Gasteiger partial charge in [-0.2, -0.15) is 5.10 Å². The van der Waals surface area contributed by atoms with Crippen molar-refractivity contribution >= 4 is 41.2 Å². The lowest BCUT2D eigenvalue weighted by atomic mass is 10.2. The van der Waals surface area contributed by atoms with Gasteiger partial charge >= 0.3 is 0 Å². The topological polar surface area (TPSA) is 120 Å². The third kappa shape index (κ3) is 6.33. The lowest BCUT2D eigenvalue weighted by Crippen LogP contribution is -2.41. The molecule has 4 N–H and O–H groups in total. The van der Waals surface area contributed by atoms with Gasteiger partial charge in [0.1, 0.15) is 17.2 Å². The van der Waals surface area contributed by atoms with Crippen molar-refractivity contribution < 1.29 is 24.5 Å². The molecule has 0 heterocycles. The summed E-state index contributed by atoms with van der Waals surface area (Å²) in [4.78, 5) is 23.8. The highest BCUT2D eigenvalue weighted by molar-refractivity contribution is 6.35. The second-order valence-corrected chi connectivity index (χ2v) is 6.43. The van der Waals surface area contributed by atoms with Crippen molar-refractivity contribution in [1.29, 1.82) is 0 Å². The maximum Gasteiger partial charge on any atom is 0.261 e. The smallest absolute Gasteiger partial charge is 0.261 e. The van der Waals surface area contributed by atoms with Crippen LogP contribution in [0, 0.1) is 0 Å². The second-order valence-electron chi connectivity index (χ2n) is 5.59. The number of hydrogen-bond acceptors (Lipinski definition) is 6. The second kappa shape index (κ2) is 9.82. The fourth-order valence-corrected chi connectivity index (χ4v) is 2.43. The number of carbonyl (C=O) groups excluding carboxylic acids is 2. The predicted molar refractivity (Wildman–Crippen MR) is 105 cm³/mol. The molecule has 8 nitrogen and oxygen atoms in total. The van der Waals surface area contributed by atoms with Gasteiger partial charge in [-0.15, -0.1) is 0 Å². The molecule has 2 amide bonds. The number of amides is 2. The summed E-state index contributed by atoms with van der Waals surface area (Å²) in [6.45, 7) is 1.17. The number of phenolic OH excluding ortho intramolecular Hbond substituents is 2. The quantitative estimate of drug-likeness (QED) is 0.401. The molecular weight excluding hydrogens is 409 g/mol. The average Bonchev–Trinajstić information content (AvgIpc) is 2.63. The van der Waals surface area contributed by atoms with Crippen LogP contribution in [0.25, 0.3) is 0 Å². The molecule has 0 aliphatic carbocycles. The minimum atomic E-state index is -0.899. The van der Waals surface area contributed by atoms with Gasteiger partial charge < -0.3 is 20.3 Å². The molecule has 1 atom stereocenters. The third-order valence-electron chi connectivity index (χ3n) is 3.40. The lowest BCUT2D eigenvalue weighted by Gasteiger charge is -2.15. The van der Waals surface area contributed by atoms with E-state index in [1.54, 1.807) is 6.07 Å². The average molecular weight is 426 g/mol. The first-order chi connectivity index (χ1) is 13.3. The van der Waals surface area contributed by atoms with Gasteiger partial charge in [-0.05, 0) is 37.3 Å². The molecule has 1 unspecified atom stereocenters. The number of nitrogens with one attached hydrogen (secondary N) is 2. The van der Waals surface area contributed by atoms with E-state index < -0.39 is 17.9 Å². The number of hydrazone groups is 1. The van der Waals surface area contributed by atoms with Crippen LogP contribution in [0.3, 0.4) is 0 Å². The van der Waals surface area contributed by atoms with Crippen LogP contribution in [-0.4, -0.2) is 40.9 Å². The number of phenols is 2. The van der Waals surface area contributed by atoms with E-state index in [0.29, 0.717) is 10.6 Å². The molecule has 2 aromatic carbocycles. The Kier molecular flexibility index (Phi) is 7.48. The third-order valence-corrected chi connectivity index (χ3v) is 3.93. The Labute approximate surface area is 170 Å². The number of hydrogen-bond donors (Lipinski definition) is 4. The zero-order chi connectivity index (χ0) is 20.7. The standard InChI is InChI=1S/C18H17Cl2N3O5/c1-10(28-16-5-3-12(19)6-14(16)20)18(27)21-9-17(26)23-22-8-11-2-4-13(24)7-15(11)25/h2-8,10,24-25H,9H2,1H3,(H,21,27)(H,23,26)/b22-8+. The van der Waals surface area contributed by atoms with E-state index in [1.807, 2.05) is 0 Å². The summed E-state index contributed by atoms with van der Waals surface area (Å²) in [5.74, 6) is -1.12. The van der Waals surface area contributed by atoms with Gasteiger partial charge in [0.05, 0.1) is 17.8 Å². The molecule has 10 heteroatoms. The Hall–Kier alpha value is -2.97. The van der Waals surface area contributed by atoms with Gasteiger partial charge in [-0.3, -0.25) is 9.59 Å². The van der Waals surface area contributed by atoms with Crippen LogP contribution in [-0.2, 0) is 9.59 Å². The van der Waals surface area contributed by atoms with Crippen molar-refractivity contribution in [2.75, 3.05) is 6.54 Å². The highest BCUT2D eigenvalue weighted by Gasteiger charge is 2.17. The molecule has 0 saturated heterocycles. The molecule has 0 bridgehead atoms. The summed E-state index contributed by atoms with van der Waals surface area (Å²) in [6.07, 6.45) is 0.298. The van der Waals surface area contributed by atoms with Crippen LogP contribution in [0.1, 0.15) is 12.5 Å². The number of carbonyl (C=O) groups is 2. The summed E-state index contributed by atoms with van der Waals surface area (Å²) in [5.41, 5.74) is 2.49. The highest BCUT2D eigenvalue weighted by atomic mass is 35.5. The van der Waals surface area contributed by atoms with E-state index in [2.05, 4.69) is 15.8 Å². The Balaban J connectivity index is 1.79. The van der Waals surface area contributed by atoms with Crippen molar-refractivity contribution in [3.8, 4) is 17.2 Å². The molecular formula is C18H17Cl2N3O5. The molecule has 0 saturated carbocycles. The maximum atomic E-state index is 12.0. The van der Waals surface area contributed by atoms with E-state index in [1.165, 1.54) is 37.4 Å². The van der Waals surface area contributed by atoms with E-state index in [9.17, 15) is 19.8 Å². The van der Waals surface area contributed by atoms with Crippen LogP contribution < -0.4 is 15.5 Å². The number of aromatic hydroxyl groups is 2. The van der Waals surface area contributed by atoms with Gasteiger partial charge in [0.2, 0.25) is 0 Å². The lowest BCUT2D eigenvalue weighted by molar-refractivity contribution is -0.130. The first-order valence-electron chi connectivity index (χ1n) is 7.99. The van der Waals surface area contributed by atoms with E-state index in [-0.39, 0.29) is 28.8 Å². The molecule has 0 radical (unpaired) electrons. The molecule has 0 aromatic heterocycles. The number of ether oxygens (including phenoxy) is 1. The summed E-state index contributed by atoms with van der Waals surface area (Å²) >= 11 is 11.8. The van der Waals surface area contributed by atoms with Crippen molar-refractivity contribution in [2.45, 2.75) is 13.0 Å². The zero-order valence-corrected chi connectivity index (χ0v) is 16.2. The van der Waals surface area contributed by atoms with Crippen molar-refractivity contribution in [2.24, 2.45) is 5.10 Å². The fraction of sp³-hybridized carbons (Fsp3) is 0.167. The molecule has 0 aliphatic heterocycles. The monoisotopic (exact) mass is 425 g/mol. The first-order valence-corrected chi connectivity index (χ1v) is 8.75. The van der Waals surface area contributed by atoms with Crippen molar-refractivity contribution in [3.63, 3.8) is 0 Å². The van der Waals surface area contributed by atoms with Crippen LogP contribution in [0.15, 0.2) is 41.5 Å². The predicted octanol–water partition coefficient (Wildman–Crippen LogP) is 2.44. The summed E-state index contributed by atoms with van der Waals surface area (Å²) in [5, 5.41) is 25.6. The minimum absolute atomic E-state index is 0.0994. The van der Waals surface area contributed by atoms with Gasteiger partial charge in [-0.1, -0.05) is 23.2 Å². The van der Waals surface area contributed by atoms with E-state index in [0.717, 1.165) is 6.07 Å². The van der Waals surface area contributed by atoms with Crippen LogP contribution >= 0.6 is 23.2 Å². The normalized spacial score (nSPS) is 11.8. The van der Waals surface area contributed by atoms with Gasteiger partial charge in [0.15, 0.2) is 6.10 Å². The largest absolute Gasteiger partial charge is 0.508 e. The first kappa shape index (κ1) is 21.3. The number of rotatable bonds is 7. The Bertz CT molecular complexity index is 905. The van der Waals surface area contributed by atoms with Crippen LogP contribution in [0.2, 0.25) is 10.0 Å². The van der Waals surface area contributed by atoms with E-state index >= 15 is 0 Å². The van der Waals surface area contributed by atoms with Gasteiger partial charge in [-0.25, -0.2) is 5.43 Å². The van der Waals surface area contributed by atoms with Gasteiger partial charge in [0.25, 0.3) is 11.8 Å². The molecule has 2 rings (SSSR count). The number of benzene rings is 2.